The van der Waals surface area contributed by atoms with Crippen LogP contribution in [0.15, 0.2) is 6.07 Å². The lowest BCUT2D eigenvalue weighted by atomic mass is 10.1. The molecule has 18 heavy (non-hydrogen) atoms. The van der Waals surface area contributed by atoms with E-state index in [0.717, 1.165) is 44.0 Å². The number of nitrogens with two attached hydrogens (primary N) is 1. The fraction of sp³-hybridized carbons (Fsp3) is 0.667. The summed E-state index contributed by atoms with van der Waals surface area (Å²) in [5.41, 5.74) is 2.60. The van der Waals surface area contributed by atoms with Gasteiger partial charge < -0.3 is 15.1 Å². The number of rotatable bonds is 4. The van der Waals surface area contributed by atoms with Crippen molar-refractivity contribution in [1.82, 2.24) is 9.97 Å². The summed E-state index contributed by atoms with van der Waals surface area (Å²) in [5, 5.41) is 0. The van der Waals surface area contributed by atoms with E-state index >= 15 is 0 Å². The van der Waals surface area contributed by atoms with E-state index in [9.17, 15) is 0 Å². The monoisotopic (exact) mass is 251 g/mol. The molecule has 6 nitrogen and oxygen atoms in total. The maximum atomic E-state index is 5.44. The number of nitrogens with one attached hydrogen (secondary N) is 1. The average Bonchev–Trinajstić information content (AvgIpc) is 2.46. The number of ether oxygens (including phenoxy) is 1. The number of hydrazine groups is 1. The Hall–Kier alpha value is -1.40. The van der Waals surface area contributed by atoms with E-state index in [1.165, 1.54) is 0 Å². The second-order valence-corrected chi connectivity index (χ2v) is 4.45. The Morgan fingerprint density at radius 2 is 2.17 bits per heavy atom. The highest BCUT2D eigenvalue weighted by Crippen LogP contribution is 2.21. The van der Waals surface area contributed by atoms with Gasteiger partial charge in [0, 0.05) is 32.7 Å². The molecule has 2 rings (SSSR count). The van der Waals surface area contributed by atoms with Crippen molar-refractivity contribution in [2.45, 2.75) is 32.3 Å². The van der Waals surface area contributed by atoms with Crippen molar-refractivity contribution in [3.8, 4) is 0 Å². The average molecular weight is 251 g/mol. The van der Waals surface area contributed by atoms with Crippen LogP contribution in [-0.2, 0) is 11.2 Å². The molecule has 0 amide bonds. The Balaban J connectivity index is 2.13. The zero-order valence-electron chi connectivity index (χ0n) is 11.0. The standard InChI is InChI=1S/C12H21N5O/c1-3-10-14-11(16-13)8-12(15-10)17-6-4-9(18-2)5-7-17/h8-9H,3-7,13H2,1-2H3,(H,14,15,16). The van der Waals surface area contributed by atoms with Crippen molar-refractivity contribution in [1.29, 1.82) is 0 Å². The summed E-state index contributed by atoms with van der Waals surface area (Å²) >= 11 is 0. The van der Waals surface area contributed by atoms with Gasteiger partial charge in [0.1, 0.15) is 17.5 Å². The van der Waals surface area contributed by atoms with Crippen LogP contribution in [0.5, 0.6) is 0 Å². The molecule has 1 aliphatic heterocycles. The lowest BCUT2D eigenvalue weighted by molar-refractivity contribution is 0.0818. The molecule has 0 aromatic carbocycles. The molecule has 1 aromatic heterocycles. The van der Waals surface area contributed by atoms with Crippen LogP contribution in [0.4, 0.5) is 11.6 Å². The molecule has 1 fully saturated rings. The molecule has 0 spiro atoms. The first-order valence-electron chi connectivity index (χ1n) is 6.39. The minimum Gasteiger partial charge on any atom is -0.381 e. The van der Waals surface area contributed by atoms with Crippen molar-refractivity contribution in [3.05, 3.63) is 11.9 Å². The second kappa shape index (κ2) is 5.97. The van der Waals surface area contributed by atoms with E-state index in [1.54, 1.807) is 7.11 Å². The Kier molecular flexibility index (Phi) is 4.33. The Morgan fingerprint density at radius 1 is 1.44 bits per heavy atom. The summed E-state index contributed by atoms with van der Waals surface area (Å²) in [7, 11) is 1.77. The predicted octanol–water partition coefficient (Wildman–Crippen LogP) is 0.940. The van der Waals surface area contributed by atoms with Gasteiger partial charge in [0.15, 0.2) is 0 Å². The zero-order valence-corrected chi connectivity index (χ0v) is 11.0. The fourth-order valence-corrected chi connectivity index (χ4v) is 2.20. The molecule has 0 atom stereocenters. The van der Waals surface area contributed by atoms with Gasteiger partial charge in [-0.1, -0.05) is 6.92 Å². The molecule has 1 aromatic rings. The van der Waals surface area contributed by atoms with Crippen LogP contribution in [-0.4, -0.2) is 36.3 Å². The van der Waals surface area contributed by atoms with Gasteiger partial charge in [-0.05, 0) is 12.8 Å². The third-order valence-electron chi connectivity index (χ3n) is 3.32. The highest BCUT2D eigenvalue weighted by atomic mass is 16.5. The molecule has 1 aliphatic rings. The Bertz CT molecular complexity index is 368. The van der Waals surface area contributed by atoms with Gasteiger partial charge in [0.25, 0.3) is 0 Å². The maximum Gasteiger partial charge on any atom is 0.145 e. The van der Waals surface area contributed by atoms with Gasteiger partial charge in [-0.3, -0.25) is 0 Å². The third kappa shape index (κ3) is 2.88. The highest BCUT2D eigenvalue weighted by molar-refractivity contribution is 5.49. The summed E-state index contributed by atoms with van der Waals surface area (Å²) in [6.45, 7) is 3.96. The quantitative estimate of drug-likeness (QED) is 0.612. The maximum absolute atomic E-state index is 5.44. The van der Waals surface area contributed by atoms with Crippen LogP contribution in [0.2, 0.25) is 0 Å². The molecular weight excluding hydrogens is 230 g/mol. The van der Waals surface area contributed by atoms with Crippen molar-refractivity contribution in [2.24, 2.45) is 5.84 Å². The first kappa shape index (κ1) is 13.0. The minimum absolute atomic E-state index is 0.376. The molecule has 0 aliphatic carbocycles. The predicted molar refractivity (Wildman–Crippen MR) is 71.5 cm³/mol. The van der Waals surface area contributed by atoms with Crippen LogP contribution in [0.1, 0.15) is 25.6 Å². The van der Waals surface area contributed by atoms with Gasteiger partial charge in [-0.2, -0.15) is 0 Å². The van der Waals surface area contributed by atoms with Gasteiger partial charge in [-0.25, -0.2) is 15.8 Å². The fourth-order valence-electron chi connectivity index (χ4n) is 2.20. The number of piperidine rings is 1. The summed E-state index contributed by atoms with van der Waals surface area (Å²) in [4.78, 5) is 11.1. The van der Waals surface area contributed by atoms with Crippen LogP contribution in [0, 0.1) is 0 Å². The van der Waals surface area contributed by atoms with Crippen molar-refractivity contribution >= 4 is 11.6 Å². The molecule has 0 bridgehead atoms. The second-order valence-electron chi connectivity index (χ2n) is 4.45. The van der Waals surface area contributed by atoms with E-state index in [4.69, 9.17) is 10.6 Å². The number of hydrogen-bond acceptors (Lipinski definition) is 6. The van der Waals surface area contributed by atoms with Crippen molar-refractivity contribution in [3.63, 3.8) is 0 Å². The Morgan fingerprint density at radius 3 is 2.72 bits per heavy atom. The number of hydrogen-bond donors (Lipinski definition) is 2. The Labute approximate surface area is 108 Å². The van der Waals surface area contributed by atoms with E-state index in [-0.39, 0.29) is 0 Å². The lowest BCUT2D eigenvalue weighted by Crippen LogP contribution is -2.37. The van der Waals surface area contributed by atoms with Crippen LogP contribution >= 0.6 is 0 Å². The number of nitrogens with zero attached hydrogens (tertiary/aromatic N) is 3. The summed E-state index contributed by atoms with van der Waals surface area (Å²) in [5.74, 6) is 7.87. The van der Waals surface area contributed by atoms with Gasteiger partial charge in [0.05, 0.1) is 6.10 Å². The minimum atomic E-state index is 0.376. The molecule has 2 heterocycles. The van der Waals surface area contributed by atoms with E-state index < -0.39 is 0 Å². The first-order valence-corrected chi connectivity index (χ1v) is 6.39. The number of aromatic nitrogens is 2. The van der Waals surface area contributed by atoms with E-state index in [1.807, 2.05) is 13.0 Å². The van der Waals surface area contributed by atoms with Crippen molar-refractivity contribution in [2.75, 3.05) is 30.5 Å². The van der Waals surface area contributed by atoms with Crippen molar-refractivity contribution < 1.29 is 4.74 Å². The topological polar surface area (TPSA) is 76.3 Å². The van der Waals surface area contributed by atoms with Crippen LogP contribution in [0.3, 0.4) is 0 Å². The zero-order chi connectivity index (χ0) is 13.0. The SMILES string of the molecule is CCc1nc(NN)cc(N2CCC(OC)CC2)n1. The molecular formula is C12H21N5O. The van der Waals surface area contributed by atoms with Crippen LogP contribution < -0.4 is 16.2 Å². The normalized spacial score (nSPS) is 16.9. The van der Waals surface area contributed by atoms with E-state index in [2.05, 4.69) is 20.3 Å². The third-order valence-corrected chi connectivity index (χ3v) is 3.32. The van der Waals surface area contributed by atoms with Gasteiger partial charge in [-0.15, -0.1) is 0 Å². The molecule has 0 radical (unpaired) electrons. The smallest absolute Gasteiger partial charge is 0.145 e. The van der Waals surface area contributed by atoms with E-state index in [0.29, 0.717) is 11.9 Å². The number of nitrogen functional groups attached to an aromatic ring is 1. The molecule has 0 unspecified atom stereocenters. The van der Waals surface area contributed by atoms with Gasteiger partial charge in [0.2, 0.25) is 0 Å². The van der Waals surface area contributed by atoms with Gasteiger partial charge >= 0.3 is 0 Å². The largest absolute Gasteiger partial charge is 0.381 e. The number of anilines is 2. The van der Waals surface area contributed by atoms with Crippen LogP contribution in [0.25, 0.3) is 0 Å². The molecule has 1 saturated heterocycles. The molecule has 0 saturated carbocycles. The lowest BCUT2D eigenvalue weighted by Gasteiger charge is -2.32. The summed E-state index contributed by atoms with van der Waals surface area (Å²) < 4.78 is 5.37. The first-order chi connectivity index (χ1) is 8.76. The molecule has 3 N–H and O–H groups in total. The number of aryl methyl sites for hydroxylation is 1. The summed E-state index contributed by atoms with van der Waals surface area (Å²) in [6.07, 6.45) is 3.25. The molecule has 6 heteroatoms. The molecule has 100 valence electrons. The number of methoxy groups -OCH3 is 1. The summed E-state index contributed by atoms with van der Waals surface area (Å²) in [6, 6.07) is 1.90. The highest BCUT2D eigenvalue weighted by Gasteiger charge is 2.20.